The van der Waals surface area contributed by atoms with E-state index in [-0.39, 0.29) is 24.5 Å². The van der Waals surface area contributed by atoms with E-state index in [0.29, 0.717) is 0 Å². The van der Waals surface area contributed by atoms with Crippen molar-refractivity contribution in [3.05, 3.63) is 35.9 Å². The maximum Gasteiger partial charge on any atom is 0.137 e. The van der Waals surface area contributed by atoms with Crippen LogP contribution in [-0.2, 0) is 4.74 Å². The number of nitrogens with zero attached hydrogens (tertiary/aromatic N) is 1. The first-order valence-corrected chi connectivity index (χ1v) is 6.10. The monoisotopic (exact) mass is 235 g/mol. The molecule has 1 unspecified atom stereocenters. The molecule has 0 aromatic heterocycles. The second-order valence-electron chi connectivity index (χ2n) is 5.53. The highest BCUT2D eigenvalue weighted by atomic mass is 16.5. The van der Waals surface area contributed by atoms with Crippen molar-refractivity contribution < 1.29 is 9.84 Å². The lowest BCUT2D eigenvalue weighted by atomic mass is 10.0. The topological polar surface area (TPSA) is 32.7 Å². The van der Waals surface area contributed by atoms with Gasteiger partial charge in [-0.15, -0.1) is 0 Å². The second kappa shape index (κ2) is 4.77. The summed E-state index contributed by atoms with van der Waals surface area (Å²) in [7, 11) is 0. The van der Waals surface area contributed by atoms with Crippen molar-refractivity contribution in [2.24, 2.45) is 0 Å². The zero-order valence-corrected chi connectivity index (χ0v) is 10.8. The molecule has 3 heteroatoms. The number of aliphatic hydroxyl groups excluding tert-OH is 1. The Morgan fingerprint density at radius 1 is 1.29 bits per heavy atom. The highest BCUT2D eigenvalue weighted by molar-refractivity contribution is 5.18. The van der Waals surface area contributed by atoms with Gasteiger partial charge < -0.3 is 9.84 Å². The number of benzene rings is 1. The Bertz CT molecular complexity index is 358. The molecule has 0 saturated carbocycles. The Kier molecular flexibility index (Phi) is 3.52. The van der Waals surface area contributed by atoms with E-state index in [1.54, 1.807) is 0 Å². The summed E-state index contributed by atoms with van der Waals surface area (Å²) in [5.41, 5.74) is 1.18. The third-order valence-corrected chi connectivity index (χ3v) is 3.15. The van der Waals surface area contributed by atoms with E-state index in [1.807, 2.05) is 18.2 Å². The molecule has 3 nitrogen and oxygen atoms in total. The first kappa shape index (κ1) is 12.6. The number of aliphatic hydroxyl groups is 1. The summed E-state index contributed by atoms with van der Waals surface area (Å²) in [6.45, 7) is 7.37. The van der Waals surface area contributed by atoms with Gasteiger partial charge in [-0.05, 0) is 26.3 Å². The predicted molar refractivity (Wildman–Crippen MR) is 67.6 cm³/mol. The fraction of sp³-hybridized carbons (Fsp3) is 0.571. The lowest BCUT2D eigenvalue weighted by molar-refractivity contribution is -0.0422. The van der Waals surface area contributed by atoms with Gasteiger partial charge in [0, 0.05) is 12.1 Å². The number of hydrogen-bond donors (Lipinski definition) is 1. The highest BCUT2D eigenvalue weighted by Crippen LogP contribution is 2.35. The second-order valence-corrected chi connectivity index (χ2v) is 5.53. The van der Waals surface area contributed by atoms with Gasteiger partial charge >= 0.3 is 0 Å². The third-order valence-electron chi connectivity index (χ3n) is 3.15. The summed E-state index contributed by atoms with van der Waals surface area (Å²) in [5.74, 6) is 0. The minimum absolute atomic E-state index is 0.0322. The molecule has 0 amide bonds. The van der Waals surface area contributed by atoms with Gasteiger partial charge in [0.05, 0.1) is 12.7 Å². The summed E-state index contributed by atoms with van der Waals surface area (Å²) in [5, 5.41) is 9.26. The van der Waals surface area contributed by atoms with Crippen LogP contribution < -0.4 is 0 Å². The van der Waals surface area contributed by atoms with Crippen LogP contribution in [0.4, 0.5) is 0 Å². The summed E-state index contributed by atoms with van der Waals surface area (Å²) in [6, 6.07) is 10.2. The van der Waals surface area contributed by atoms with Crippen LogP contribution in [0.2, 0.25) is 0 Å². The first-order chi connectivity index (χ1) is 8.02. The Morgan fingerprint density at radius 3 is 2.47 bits per heavy atom. The van der Waals surface area contributed by atoms with E-state index < -0.39 is 0 Å². The van der Waals surface area contributed by atoms with Gasteiger partial charge in [0.15, 0.2) is 0 Å². The smallest absolute Gasteiger partial charge is 0.137 e. The minimum Gasteiger partial charge on any atom is -0.394 e. The largest absolute Gasteiger partial charge is 0.394 e. The summed E-state index contributed by atoms with van der Waals surface area (Å²) in [4.78, 5) is 2.29. The van der Waals surface area contributed by atoms with E-state index in [0.717, 1.165) is 12.1 Å². The van der Waals surface area contributed by atoms with Crippen LogP contribution in [0, 0.1) is 0 Å². The van der Waals surface area contributed by atoms with E-state index in [4.69, 9.17) is 4.74 Å². The highest BCUT2D eigenvalue weighted by Gasteiger charge is 2.39. The number of rotatable bonds is 2. The maximum absolute atomic E-state index is 9.26. The van der Waals surface area contributed by atoms with Crippen molar-refractivity contribution in [1.82, 2.24) is 4.90 Å². The molecular weight excluding hydrogens is 214 g/mol. The Labute approximate surface area is 103 Å². The van der Waals surface area contributed by atoms with Crippen molar-refractivity contribution in [3.8, 4) is 0 Å². The molecule has 0 aliphatic carbocycles. The molecule has 1 N–H and O–H groups in total. The normalized spacial score (nSPS) is 26.4. The van der Waals surface area contributed by atoms with Gasteiger partial charge in [0.1, 0.15) is 6.23 Å². The lowest BCUT2D eigenvalue weighted by Gasteiger charge is -2.35. The van der Waals surface area contributed by atoms with E-state index >= 15 is 0 Å². The van der Waals surface area contributed by atoms with Gasteiger partial charge in [0.2, 0.25) is 0 Å². The molecule has 1 aromatic carbocycles. The SMILES string of the molecule is CC(C)(C)N1CC(CO)O[C@H]1c1ccccc1. The van der Waals surface area contributed by atoms with Crippen molar-refractivity contribution in [2.45, 2.75) is 38.6 Å². The van der Waals surface area contributed by atoms with Crippen molar-refractivity contribution >= 4 is 0 Å². The molecule has 94 valence electrons. The molecule has 0 spiro atoms. The van der Waals surface area contributed by atoms with Gasteiger partial charge in [-0.2, -0.15) is 0 Å². The fourth-order valence-corrected chi connectivity index (χ4v) is 2.22. The molecule has 1 aliphatic rings. The summed E-state index contributed by atoms with van der Waals surface area (Å²) >= 11 is 0. The van der Waals surface area contributed by atoms with Crippen LogP contribution in [0.15, 0.2) is 30.3 Å². The number of ether oxygens (including phenoxy) is 1. The standard InChI is InChI=1S/C14H21NO2/c1-14(2,3)15-9-12(10-16)17-13(15)11-7-5-4-6-8-11/h4-8,12-13,16H,9-10H2,1-3H3/t12?,13-/m0/s1. The van der Waals surface area contributed by atoms with Crippen LogP contribution in [0.1, 0.15) is 32.6 Å². The van der Waals surface area contributed by atoms with Crippen LogP contribution in [-0.4, -0.2) is 34.8 Å². The zero-order chi connectivity index (χ0) is 12.5. The van der Waals surface area contributed by atoms with Gasteiger partial charge in [-0.3, -0.25) is 4.90 Å². The van der Waals surface area contributed by atoms with Crippen LogP contribution in [0.25, 0.3) is 0 Å². The average molecular weight is 235 g/mol. The molecule has 1 aliphatic heterocycles. The van der Waals surface area contributed by atoms with Crippen LogP contribution in [0.3, 0.4) is 0 Å². The molecular formula is C14H21NO2. The van der Waals surface area contributed by atoms with Gasteiger partial charge in [-0.25, -0.2) is 0 Å². The zero-order valence-electron chi connectivity index (χ0n) is 10.8. The third kappa shape index (κ3) is 2.68. The van der Waals surface area contributed by atoms with Gasteiger partial charge in [0.25, 0.3) is 0 Å². The molecule has 1 fully saturated rings. The van der Waals surface area contributed by atoms with Crippen LogP contribution >= 0.6 is 0 Å². The lowest BCUT2D eigenvalue weighted by Crippen LogP contribution is -2.41. The molecule has 17 heavy (non-hydrogen) atoms. The van der Waals surface area contributed by atoms with Crippen molar-refractivity contribution in [3.63, 3.8) is 0 Å². The molecule has 2 rings (SSSR count). The molecule has 0 bridgehead atoms. The van der Waals surface area contributed by atoms with E-state index in [9.17, 15) is 5.11 Å². The predicted octanol–water partition coefficient (Wildman–Crippen LogP) is 2.18. The molecule has 1 aromatic rings. The van der Waals surface area contributed by atoms with Crippen molar-refractivity contribution in [1.29, 1.82) is 0 Å². The summed E-state index contributed by atoms with van der Waals surface area (Å²) < 4.78 is 5.91. The van der Waals surface area contributed by atoms with Crippen LogP contribution in [0.5, 0.6) is 0 Å². The maximum atomic E-state index is 9.26. The molecule has 1 heterocycles. The fourth-order valence-electron chi connectivity index (χ4n) is 2.22. The summed E-state index contributed by atoms with van der Waals surface area (Å²) in [6.07, 6.45) is -0.132. The van der Waals surface area contributed by atoms with E-state index in [1.165, 1.54) is 0 Å². The molecule has 0 radical (unpaired) electrons. The Morgan fingerprint density at radius 2 is 1.94 bits per heavy atom. The Hall–Kier alpha value is -0.900. The quantitative estimate of drug-likeness (QED) is 0.852. The first-order valence-electron chi connectivity index (χ1n) is 6.10. The average Bonchev–Trinajstić information content (AvgIpc) is 2.74. The minimum atomic E-state index is -0.0839. The van der Waals surface area contributed by atoms with E-state index in [2.05, 4.69) is 37.8 Å². The van der Waals surface area contributed by atoms with Crippen molar-refractivity contribution in [2.75, 3.05) is 13.2 Å². The molecule has 2 atom stereocenters. The molecule has 1 saturated heterocycles. The Balaban J connectivity index is 2.25. The number of hydrogen-bond acceptors (Lipinski definition) is 3. The van der Waals surface area contributed by atoms with Gasteiger partial charge in [-0.1, -0.05) is 30.3 Å².